The lowest BCUT2D eigenvalue weighted by Gasteiger charge is -2.16. The molecule has 0 aliphatic rings. The van der Waals surface area contributed by atoms with Crippen molar-refractivity contribution in [2.75, 3.05) is 13.2 Å². The first-order valence-corrected chi connectivity index (χ1v) is 6.17. The molecule has 17 heavy (non-hydrogen) atoms. The van der Waals surface area contributed by atoms with Crippen molar-refractivity contribution in [1.82, 2.24) is 0 Å². The first-order valence-electron chi connectivity index (χ1n) is 6.17. The van der Waals surface area contributed by atoms with Gasteiger partial charge in [-0.3, -0.25) is 0 Å². The minimum Gasteiger partial charge on any atom is -0.490 e. The fourth-order valence-electron chi connectivity index (χ4n) is 1.44. The number of hydrogen-bond donors (Lipinski definition) is 1. The summed E-state index contributed by atoms with van der Waals surface area (Å²) in [4.78, 5) is 0. The second kappa shape index (κ2) is 7.17. The van der Waals surface area contributed by atoms with E-state index in [1.807, 2.05) is 38.1 Å². The van der Waals surface area contributed by atoms with Crippen LogP contribution in [0.4, 0.5) is 0 Å². The maximum atomic E-state index is 9.38. The SMILES string of the molecule is CCOc1ccccc1OCCC(C)C(C)O. The number of aliphatic hydroxyl groups excluding tert-OH is 1. The van der Waals surface area contributed by atoms with Crippen LogP contribution in [-0.4, -0.2) is 24.4 Å². The van der Waals surface area contributed by atoms with Gasteiger partial charge in [0.1, 0.15) is 0 Å². The Balaban J connectivity index is 2.45. The molecule has 1 rings (SSSR count). The van der Waals surface area contributed by atoms with Gasteiger partial charge in [0, 0.05) is 0 Å². The number of ether oxygens (including phenoxy) is 2. The molecule has 0 saturated heterocycles. The summed E-state index contributed by atoms with van der Waals surface area (Å²) in [5.74, 6) is 1.79. The Bertz CT molecular complexity index is 323. The lowest BCUT2D eigenvalue weighted by Crippen LogP contribution is -2.16. The third kappa shape index (κ3) is 4.65. The minimum atomic E-state index is -0.291. The highest BCUT2D eigenvalue weighted by atomic mass is 16.5. The fraction of sp³-hybridized carbons (Fsp3) is 0.571. The molecule has 0 aliphatic carbocycles. The van der Waals surface area contributed by atoms with Crippen molar-refractivity contribution in [2.24, 2.45) is 5.92 Å². The predicted octanol–water partition coefficient (Wildman–Crippen LogP) is 2.87. The van der Waals surface area contributed by atoms with Crippen LogP contribution in [0.25, 0.3) is 0 Å². The average Bonchev–Trinajstić information content (AvgIpc) is 2.31. The van der Waals surface area contributed by atoms with Gasteiger partial charge < -0.3 is 14.6 Å². The Morgan fingerprint density at radius 1 is 1.12 bits per heavy atom. The topological polar surface area (TPSA) is 38.7 Å². The van der Waals surface area contributed by atoms with Crippen molar-refractivity contribution in [1.29, 1.82) is 0 Å². The van der Waals surface area contributed by atoms with Crippen LogP contribution in [0, 0.1) is 5.92 Å². The van der Waals surface area contributed by atoms with Crippen LogP contribution in [0.1, 0.15) is 27.2 Å². The normalized spacial score (nSPS) is 14.1. The van der Waals surface area contributed by atoms with E-state index in [1.54, 1.807) is 6.92 Å². The summed E-state index contributed by atoms with van der Waals surface area (Å²) in [5, 5.41) is 9.38. The molecular weight excluding hydrogens is 216 g/mol. The third-order valence-electron chi connectivity index (χ3n) is 2.80. The summed E-state index contributed by atoms with van der Waals surface area (Å²) in [7, 11) is 0. The van der Waals surface area contributed by atoms with E-state index in [4.69, 9.17) is 9.47 Å². The molecule has 0 amide bonds. The van der Waals surface area contributed by atoms with E-state index in [1.165, 1.54) is 0 Å². The molecule has 3 heteroatoms. The lowest BCUT2D eigenvalue weighted by molar-refractivity contribution is 0.117. The summed E-state index contributed by atoms with van der Waals surface area (Å²) in [5.41, 5.74) is 0. The second-order valence-corrected chi connectivity index (χ2v) is 4.23. The summed E-state index contributed by atoms with van der Waals surface area (Å²) in [6.07, 6.45) is 0.540. The van der Waals surface area contributed by atoms with Crippen molar-refractivity contribution in [2.45, 2.75) is 33.3 Å². The summed E-state index contributed by atoms with van der Waals surface area (Å²) in [6.45, 7) is 6.99. The molecule has 0 aliphatic heterocycles. The van der Waals surface area contributed by atoms with Gasteiger partial charge >= 0.3 is 0 Å². The average molecular weight is 238 g/mol. The zero-order chi connectivity index (χ0) is 12.7. The zero-order valence-electron chi connectivity index (χ0n) is 10.8. The first-order chi connectivity index (χ1) is 8.15. The van der Waals surface area contributed by atoms with Gasteiger partial charge in [-0.15, -0.1) is 0 Å². The van der Waals surface area contributed by atoms with Crippen LogP contribution >= 0.6 is 0 Å². The maximum Gasteiger partial charge on any atom is 0.161 e. The molecule has 2 atom stereocenters. The number of para-hydroxylation sites is 2. The molecule has 2 unspecified atom stereocenters. The molecule has 0 saturated carbocycles. The number of aliphatic hydroxyl groups is 1. The molecule has 0 bridgehead atoms. The van der Waals surface area contributed by atoms with Crippen LogP contribution in [0.15, 0.2) is 24.3 Å². The van der Waals surface area contributed by atoms with Crippen LogP contribution in [-0.2, 0) is 0 Å². The largest absolute Gasteiger partial charge is 0.490 e. The standard InChI is InChI=1S/C14H22O3/c1-4-16-13-7-5-6-8-14(13)17-10-9-11(2)12(3)15/h5-8,11-12,15H,4,9-10H2,1-3H3. The van der Waals surface area contributed by atoms with Gasteiger partial charge in [-0.25, -0.2) is 0 Å². The highest BCUT2D eigenvalue weighted by Crippen LogP contribution is 2.26. The zero-order valence-corrected chi connectivity index (χ0v) is 10.8. The number of rotatable bonds is 7. The van der Waals surface area contributed by atoms with Gasteiger partial charge in [0.25, 0.3) is 0 Å². The van der Waals surface area contributed by atoms with Gasteiger partial charge in [0.05, 0.1) is 19.3 Å². The molecule has 1 aromatic rings. The first kappa shape index (κ1) is 13.8. The third-order valence-corrected chi connectivity index (χ3v) is 2.80. The van der Waals surface area contributed by atoms with Gasteiger partial charge in [0.15, 0.2) is 11.5 Å². The van der Waals surface area contributed by atoms with Crippen LogP contribution in [0.3, 0.4) is 0 Å². The van der Waals surface area contributed by atoms with Crippen molar-refractivity contribution >= 4 is 0 Å². The minimum absolute atomic E-state index is 0.245. The van der Waals surface area contributed by atoms with Crippen LogP contribution in [0.2, 0.25) is 0 Å². The molecule has 1 N–H and O–H groups in total. The molecule has 0 radical (unpaired) electrons. The molecule has 0 aromatic heterocycles. The number of hydrogen-bond acceptors (Lipinski definition) is 3. The van der Waals surface area contributed by atoms with Crippen LogP contribution < -0.4 is 9.47 Å². The van der Waals surface area contributed by atoms with E-state index in [-0.39, 0.29) is 12.0 Å². The molecule has 96 valence electrons. The summed E-state index contributed by atoms with van der Waals surface area (Å²) < 4.78 is 11.1. The Morgan fingerprint density at radius 3 is 2.24 bits per heavy atom. The quantitative estimate of drug-likeness (QED) is 0.794. The van der Waals surface area contributed by atoms with E-state index in [0.29, 0.717) is 13.2 Å². The van der Waals surface area contributed by atoms with Gasteiger partial charge in [0.2, 0.25) is 0 Å². The van der Waals surface area contributed by atoms with Crippen molar-refractivity contribution in [3.05, 3.63) is 24.3 Å². The fourth-order valence-corrected chi connectivity index (χ4v) is 1.44. The molecule has 1 aromatic carbocycles. The van der Waals surface area contributed by atoms with Gasteiger partial charge in [-0.2, -0.15) is 0 Å². The van der Waals surface area contributed by atoms with Crippen LogP contribution in [0.5, 0.6) is 11.5 Å². The molecule has 0 heterocycles. The van der Waals surface area contributed by atoms with E-state index >= 15 is 0 Å². The smallest absolute Gasteiger partial charge is 0.161 e. The van der Waals surface area contributed by atoms with E-state index < -0.39 is 0 Å². The predicted molar refractivity (Wildman–Crippen MR) is 68.6 cm³/mol. The highest BCUT2D eigenvalue weighted by Gasteiger charge is 2.09. The maximum absolute atomic E-state index is 9.38. The monoisotopic (exact) mass is 238 g/mol. The van der Waals surface area contributed by atoms with Gasteiger partial charge in [-0.1, -0.05) is 19.1 Å². The van der Waals surface area contributed by atoms with Crippen molar-refractivity contribution in [3.8, 4) is 11.5 Å². The highest BCUT2D eigenvalue weighted by molar-refractivity contribution is 5.39. The van der Waals surface area contributed by atoms with E-state index in [2.05, 4.69) is 0 Å². The Hall–Kier alpha value is -1.22. The molecule has 0 fully saturated rings. The second-order valence-electron chi connectivity index (χ2n) is 4.23. The Morgan fingerprint density at radius 2 is 1.71 bits per heavy atom. The van der Waals surface area contributed by atoms with E-state index in [0.717, 1.165) is 17.9 Å². The molecular formula is C14H22O3. The van der Waals surface area contributed by atoms with Crippen molar-refractivity contribution in [3.63, 3.8) is 0 Å². The summed E-state index contributed by atoms with van der Waals surface area (Å²) >= 11 is 0. The van der Waals surface area contributed by atoms with E-state index in [9.17, 15) is 5.11 Å². The molecule has 3 nitrogen and oxygen atoms in total. The number of benzene rings is 1. The lowest BCUT2D eigenvalue weighted by atomic mass is 10.0. The molecule has 0 spiro atoms. The van der Waals surface area contributed by atoms with Crippen molar-refractivity contribution < 1.29 is 14.6 Å². The Labute approximate surface area is 103 Å². The summed E-state index contributed by atoms with van der Waals surface area (Å²) in [6, 6.07) is 7.65. The Kier molecular flexibility index (Phi) is 5.84. The van der Waals surface area contributed by atoms with Gasteiger partial charge in [-0.05, 0) is 38.3 Å².